The smallest absolute Gasteiger partial charge is 0.335 e. The van der Waals surface area contributed by atoms with Crippen LogP contribution in [-0.2, 0) is 11.2 Å². The molecule has 0 bridgehead atoms. The molecule has 7 heteroatoms. The summed E-state index contributed by atoms with van der Waals surface area (Å²) >= 11 is 0. The monoisotopic (exact) mass is 419 g/mol. The summed E-state index contributed by atoms with van der Waals surface area (Å²) in [5.74, 6) is 0.0181. The Morgan fingerprint density at radius 1 is 1.33 bits per heavy atom. The highest BCUT2D eigenvalue weighted by atomic mass is 19.3. The molecule has 1 saturated heterocycles. The van der Waals surface area contributed by atoms with Crippen molar-refractivity contribution >= 4 is 11.9 Å². The quantitative estimate of drug-likeness (QED) is 0.499. The molecule has 0 spiro atoms. The summed E-state index contributed by atoms with van der Waals surface area (Å²) in [7, 11) is 0. The van der Waals surface area contributed by atoms with Crippen LogP contribution in [-0.4, -0.2) is 51.6 Å². The number of benzene rings is 1. The fourth-order valence-corrected chi connectivity index (χ4v) is 3.23. The highest BCUT2D eigenvalue weighted by Crippen LogP contribution is 2.34. The number of alkyl halides is 2. The molecule has 30 heavy (non-hydrogen) atoms. The molecule has 1 amide bonds. The van der Waals surface area contributed by atoms with Crippen LogP contribution in [0.1, 0.15) is 49.0 Å². The number of carboxylic acid groups (broad SMARTS) is 1. The summed E-state index contributed by atoms with van der Waals surface area (Å²) in [5, 5.41) is 19.2. The first-order valence-corrected chi connectivity index (χ1v) is 9.99. The first-order valence-electron chi connectivity index (χ1n) is 9.99. The van der Waals surface area contributed by atoms with Gasteiger partial charge in [-0.1, -0.05) is 38.1 Å². The molecule has 1 aromatic carbocycles. The number of carbonyl (C=O) groups excluding carboxylic acids is 1. The van der Waals surface area contributed by atoms with Gasteiger partial charge in [-0.15, -0.1) is 11.8 Å². The number of nitrogens with zero attached hydrogens (tertiary/aromatic N) is 1. The van der Waals surface area contributed by atoms with Gasteiger partial charge < -0.3 is 15.1 Å². The number of likely N-dealkylation sites (tertiary alicyclic amines) is 1. The van der Waals surface area contributed by atoms with Crippen molar-refractivity contribution in [1.82, 2.24) is 4.90 Å². The van der Waals surface area contributed by atoms with Crippen LogP contribution in [0.25, 0.3) is 0 Å². The number of carbonyl (C=O) groups is 2. The van der Waals surface area contributed by atoms with Crippen molar-refractivity contribution in [2.24, 2.45) is 5.92 Å². The molecule has 162 valence electrons. The van der Waals surface area contributed by atoms with Crippen molar-refractivity contribution in [2.75, 3.05) is 6.54 Å². The van der Waals surface area contributed by atoms with Gasteiger partial charge >= 0.3 is 11.9 Å². The second-order valence-corrected chi connectivity index (χ2v) is 7.49. The van der Waals surface area contributed by atoms with Crippen LogP contribution < -0.4 is 0 Å². The number of hydrogen-bond acceptors (Lipinski definition) is 3. The molecule has 1 heterocycles. The van der Waals surface area contributed by atoms with Gasteiger partial charge in [0.05, 0.1) is 17.7 Å². The Morgan fingerprint density at radius 3 is 2.60 bits per heavy atom. The summed E-state index contributed by atoms with van der Waals surface area (Å²) in [6.45, 7) is 3.83. The molecule has 5 nitrogen and oxygen atoms in total. The molecule has 0 radical (unpaired) electrons. The van der Waals surface area contributed by atoms with Crippen molar-refractivity contribution in [3.8, 4) is 11.8 Å². The van der Waals surface area contributed by atoms with Gasteiger partial charge in [0.15, 0.2) is 0 Å². The van der Waals surface area contributed by atoms with E-state index in [9.17, 15) is 23.5 Å². The summed E-state index contributed by atoms with van der Waals surface area (Å²) in [6, 6.07) is 5.28. The molecule has 1 aliphatic rings. The summed E-state index contributed by atoms with van der Waals surface area (Å²) in [5.41, 5.74) is 0.879. The first kappa shape index (κ1) is 23.6. The van der Waals surface area contributed by atoms with Crippen molar-refractivity contribution < 1.29 is 28.6 Å². The Kier molecular flexibility index (Phi) is 8.13. The molecular weight excluding hydrogens is 392 g/mol. The molecule has 0 aromatic heterocycles. The van der Waals surface area contributed by atoms with Crippen LogP contribution in [0.2, 0.25) is 0 Å². The highest BCUT2D eigenvalue weighted by molar-refractivity contribution is 5.87. The number of aliphatic hydroxyl groups is 1. The number of carboxylic acids is 1. The minimum absolute atomic E-state index is 0.0729. The van der Waals surface area contributed by atoms with Crippen LogP contribution in [0.4, 0.5) is 8.78 Å². The van der Waals surface area contributed by atoms with Crippen LogP contribution in [0, 0.1) is 17.8 Å². The molecule has 0 saturated carbocycles. The third-order valence-corrected chi connectivity index (χ3v) is 5.12. The minimum Gasteiger partial charge on any atom is -0.478 e. The molecule has 1 fully saturated rings. The van der Waals surface area contributed by atoms with Gasteiger partial charge in [0.1, 0.15) is 0 Å². The van der Waals surface area contributed by atoms with Gasteiger partial charge in [-0.25, -0.2) is 4.79 Å². The summed E-state index contributed by atoms with van der Waals surface area (Å²) in [4.78, 5) is 24.2. The van der Waals surface area contributed by atoms with E-state index in [4.69, 9.17) is 5.11 Å². The first-order chi connectivity index (χ1) is 14.2. The van der Waals surface area contributed by atoms with Crippen LogP contribution >= 0.6 is 0 Å². The molecule has 1 aliphatic heterocycles. The lowest BCUT2D eigenvalue weighted by atomic mass is 9.99. The van der Waals surface area contributed by atoms with E-state index in [1.807, 2.05) is 13.8 Å². The maximum absolute atomic E-state index is 14.0. The van der Waals surface area contributed by atoms with E-state index < -0.39 is 36.4 Å². The van der Waals surface area contributed by atoms with E-state index in [-0.39, 0.29) is 18.0 Å². The van der Waals surface area contributed by atoms with Crippen LogP contribution in [0.3, 0.4) is 0 Å². The van der Waals surface area contributed by atoms with Gasteiger partial charge in [0.25, 0.3) is 5.91 Å². The maximum Gasteiger partial charge on any atom is 0.335 e. The number of rotatable bonds is 8. The SMILES string of the molecule is CCC#CC[C@@H](C)[C@H](O)C=C[C@H]1CC(F)(F)C(=O)N1CCc1ccc(C(=O)O)cc1. The fraction of sp³-hybridized carbons (Fsp3) is 0.478. The Labute approximate surface area is 175 Å². The molecule has 1 aromatic rings. The Balaban J connectivity index is 2.04. The Hall–Kier alpha value is -2.72. The molecular formula is C23H27F2NO4. The Bertz CT molecular complexity index is 839. The van der Waals surface area contributed by atoms with E-state index in [0.717, 1.165) is 16.9 Å². The van der Waals surface area contributed by atoms with E-state index in [0.29, 0.717) is 12.8 Å². The average Bonchev–Trinajstić information content (AvgIpc) is 2.93. The fourth-order valence-electron chi connectivity index (χ4n) is 3.23. The second-order valence-electron chi connectivity index (χ2n) is 7.49. The molecule has 2 N–H and O–H groups in total. The predicted octanol–water partition coefficient (Wildman–Crippen LogP) is 3.52. The van der Waals surface area contributed by atoms with E-state index in [1.54, 1.807) is 12.1 Å². The van der Waals surface area contributed by atoms with E-state index in [1.165, 1.54) is 24.3 Å². The zero-order valence-corrected chi connectivity index (χ0v) is 17.1. The molecule has 0 unspecified atom stereocenters. The van der Waals surface area contributed by atoms with E-state index >= 15 is 0 Å². The van der Waals surface area contributed by atoms with Crippen molar-refractivity contribution in [3.05, 3.63) is 47.5 Å². The summed E-state index contributed by atoms with van der Waals surface area (Å²) < 4.78 is 28.0. The van der Waals surface area contributed by atoms with Crippen molar-refractivity contribution in [1.29, 1.82) is 0 Å². The van der Waals surface area contributed by atoms with Gasteiger partial charge in [0.2, 0.25) is 0 Å². The summed E-state index contributed by atoms with van der Waals surface area (Å²) in [6.07, 6.45) is 3.01. The highest BCUT2D eigenvalue weighted by Gasteiger charge is 2.52. The third kappa shape index (κ3) is 6.14. The lowest BCUT2D eigenvalue weighted by Gasteiger charge is -2.22. The topological polar surface area (TPSA) is 77.8 Å². The van der Waals surface area contributed by atoms with Crippen LogP contribution in [0.15, 0.2) is 36.4 Å². The van der Waals surface area contributed by atoms with Crippen molar-refractivity contribution in [3.63, 3.8) is 0 Å². The van der Waals surface area contributed by atoms with Gasteiger partial charge in [-0.3, -0.25) is 4.79 Å². The zero-order chi connectivity index (χ0) is 22.3. The van der Waals surface area contributed by atoms with E-state index in [2.05, 4.69) is 11.8 Å². The number of amides is 1. The van der Waals surface area contributed by atoms with Crippen molar-refractivity contribution in [2.45, 2.75) is 57.6 Å². The molecule has 0 aliphatic carbocycles. The number of halogens is 2. The number of aromatic carboxylic acids is 1. The lowest BCUT2D eigenvalue weighted by Crippen LogP contribution is -2.37. The third-order valence-electron chi connectivity index (χ3n) is 5.12. The average molecular weight is 419 g/mol. The number of aliphatic hydroxyl groups excluding tert-OH is 1. The molecule has 3 atom stereocenters. The number of hydrogen-bond donors (Lipinski definition) is 2. The maximum atomic E-state index is 14.0. The van der Waals surface area contributed by atoms with Gasteiger partial charge in [-0.05, 0) is 30.0 Å². The van der Waals surface area contributed by atoms with Gasteiger partial charge in [-0.2, -0.15) is 8.78 Å². The molecule has 2 rings (SSSR count). The lowest BCUT2D eigenvalue weighted by molar-refractivity contribution is -0.148. The largest absolute Gasteiger partial charge is 0.478 e. The van der Waals surface area contributed by atoms with Gasteiger partial charge in [0, 0.05) is 25.8 Å². The minimum atomic E-state index is -3.44. The zero-order valence-electron chi connectivity index (χ0n) is 17.1. The van der Waals surface area contributed by atoms with Crippen LogP contribution in [0.5, 0.6) is 0 Å². The standard InChI is InChI=1S/C23H27F2NO4/c1-3-4-5-6-16(2)20(27)12-11-19-15-23(24,25)22(30)26(19)14-13-17-7-9-18(10-8-17)21(28)29/h7-12,16,19-20,27H,3,6,13-15H2,1-2H3,(H,28,29)/t16-,19+,20-/m1/s1. The second kappa shape index (κ2) is 10.4. The Morgan fingerprint density at radius 2 is 2.00 bits per heavy atom. The predicted molar refractivity (Wildman–Crippen MR) is 109 cm³/mol. The normalized spacial score (nSPS) is 20.1.